The van der Waals surface area contributed by atoms with Crippen LogP contribution >= 0.6 is 0 Å². The van der Waals surface area contributed by atoms with Gasteiger partial charge in [-0.15, -0.1) is 0 Å². The van der Waals surface area contributed by atoms with E-state index in [1.807, 2.05) is 0 Å². The van der Waals surface area contributed by atoms with E-state index in [4.69, 9.17) is 5.73 Å². The van der Waals surface area contributed by atoms with Crippen molar-refractivity contribution in [2.45, 2.75) is 39.8 Å². The molecule has 4 heteroatoms. The van der Waals surface area contributed by atoms with Crippen LogP contribution in [0.3, 0.4) is 0 Å². The van der Waals surface area contributed by atoms with E-state index in [-0.39, 0.29) is 11.9 Å². The van der Waals surface area contributed by atoms with Crippen LogP contribution in [0.2, 0.25) is 0 Å². The zero-order valence-corrected chi connectivity index (χ0v) is 11.2. The average Bonchev–Trinajstić information content (AvgIpc) is 2.66. The van der Waals surface area contributed by atoms with Gasteiger partial charge in [0.1, 0.15) is 11.6 Å². The van der Waals surface area contributed by atoms with E-state index in [9.17, 15) is 4.39 Å². The highest BCUT2D eigenvalue weighted by Crippen LogP contribution is 2.24. The molecule has 0 amide bonds. The van der Waals surface area contributed by atoms with Crippen LogP contribution in [0.5, 0.6) is 0 Å². The van der Waals surface area contributed by atoms with E-state index in [0.29, 0.717) is 11.4 Å². The quantitative estimate of drug-likeness (QED) is 0.904. The third-order valence-electron chi connectivity index (χ3n) is 3.20. The molecule has 1 aromatic heterocycles. The average molecular weight is 249 g/mol. The van der Waals surface area contributed by atoms with Gasteiger partial charge in [-0.3, -0.25) is 0 Å². The van der Waals surface area contributed by atoms with Crippen LogP contribution in [-0.4, -0.2) is 9.55 Å². The van der Waals surface area contributed by atoms with Crippen molar-refractivity contribution in [1.82, 2.24) is 9.55 Å². The number of hydrogen-bond donors (Lipinski definition) is 1. The molecule has 2 aromatic rings. The first-order valence-electron chi connectivity index (χ1n) is 6.45. The molecule has 1 heterocycles. The fourth-order valence-electron chi connectivity index (χ4n) is 2.13. The maximum absolute atomic E-state index is 13.2. The Kier molecular flexibility index (Phi) is 3.66. The summed E-state index contributed by atoms with van der Waals surface area (Å²) in [5.41, 5.74) is 7.85. The highest BCUT2D eigenvalue weighted by molar-refractivity contribution is 5.76. The van der Waals surface area contributed by atoms with Crippen LogP contribution in [0.15, 0.2) is 18.2 Å². The lowest BCUT2D eigenvalue weighted by Crippen LogP contribution is -2.21. The Morgan fingerprint density at radius 3 is 2.72 bits per heavy atom. The van der Waals surface area contributed by atoms with Gasteiger partial charge in [0.05, 0.1) is 17.1 Å². The second-order valence-electron chi connectivity index (χ2n) is 5.02. The van der Waals surface area contributed by atoms with Gasteiger partial charge in [0.25, 0.3) is 0 Å². The summed E-state index contributed by atoms with van der Waals surface area (Å²) in [6, 6.07) is 4.61. The minimum Gasteiger partial charge on any atom is -0.327 e. The zero-order chi connectivity index (χ0) is 13.3. The molecule has 1 aromatic carbocycles. The lowest BCUT2D eigenvalue weighted by atomic mass is 10.1. The van der Waals surface area contributed by atoms with Crippen LogP contribution in [0.4, 0.5) is 4.39 Å². The summed E-state index contributed by atoms with van der Waals surface area (Å²) < 4.78 is 15.4. The first-order valence-corrected chi connectivity index (χ1v) is 6.45. The number of halogens is 1. The summed E-state index contributed by atoms with van der Waals surface area (Å²) in [6.45, 7) is 7.11. The standard InChI is InChI=1S/C14H20FN3/c1-4-7-18-12-6-5-10(15)8-11(12)17-14(18)13(16)9(2)3/h5-6,8-9,13H,4,7,16H2,1-3H3. The van der Waals surface area contributed by atoms with E-state index in [2.05, 4.69) is 30.3 Å². The molecule has 2 rings (SSSR count). The van der Waals surface area contributed by atoms with Crippen LogP contribution in [-0.2, 0) is 6.54 Å². The van der Waals surface area contributed by atoms with Gasteiger partial charge in [-0.1, -0.05) is 20.8 Å². The van der Waals surface area contributed by atoms with Crippen molar-refractivity contribution in [2.75, 3.05) is 0 Å². The topological polar surface area (TPSA) is 43.8 Å². The number of nitrogens with two attached hydrogens (primary N) is 1. The molecular weight excluding hydrogens is 229 g/mol. The molecule has 0 bridgehead atoms. The Bertz CT molecular complexity index is 545. The Labute approximate surface area is 107 Å². The normalized spacial score (nSPS) is 13.4. The lowest BCUT2D eigenvalue weighted by Gasteiger charge is -2.17. The second kappa shape index (κ2) is 5.06. The fraction of sp³-hybridized carbons (Fsp3) is 0.500. The Hall–Kier alpha value is -1.42. The highest BCUT2D eigenvalue weighted by Gasteiger charge is 2.19. The summed E-state index contributed by atoms with van der Waals surface area (Å²) in [6.07, 6.45) is 1.00. The number of rotatable bonds is 4. The molecule has 0 aliphatic rings. The summed E-state index contributed by atoms with van der Waals surface area (Å²) in [4.78, 5) is 4.51. The number of hydrogen-bond acceptors (Lipinski definition) is 2. The summed E-state index contributed by atoms with van der Waals surface area (Å²) in [5.74, 6) is 0.906. The first-order chi connectivity index (χ1) is 8.54. The van der Waals surface area contributed by atoms with Crippen molar-refractivity contribution in [2.24, 2.45) is 11.7 Å². The van der Waals surface area contributed by atoms with Crippen molar-refractivity contribution >= 4 is 11.0 Å². The molecule has 3 nitrogen and oxygen atoms in total. The maximum atomic E-state index is 13.2. The predicted molar refractivity (Wildman–Crippen MR) is 71.7 cm³/mol. The van der Waals surface area contributed by atoms with E-state index in [1.165, 1.54) is 12.1 Å². The number of fused-ring (bicyclic) bond motifs is 1. The third-order valence-corrected chi connectivity index (χ3v) is 3.20. The lowest BCUT2D eigenvalue weighted by molar-refractivity contribution is 0.467. The van der Waals surface area contributed by atoms with E-state index < -0.39 is 0 Å². The van der Waals surface area contributed by atoms with Crippen LogP contribution in [0.1, 0.15) is 39.1 Å². The number of aromatic nitrogens is 2. The van der Waals surface area contributed by atoms with Crippen molar-refractivity contribution in [3.05, 3.63) is 29.8 Å². The van der Waals surface area contributed by atoms with Gasteiger partial charge < -0.3 is 10.3 Å². The maximum Gasteiger partial charge on any atom is 0.127 e. The third kappa shape index (κ3) is 2.25. The van der Waals surface area contributed by atoms with Gasteiger partial charge >= 0.3 is 0 Å². The molecule has 0 saturated carbocycles. The van der Waals surface area contributed by atoms with E-state index in [1.54, 1.807) is 6.07 Å². The number of nitrogens with zero attached hydrogens (tertiary/aromatic N) is 2. The van der Waals surface area contributed by atoms with Gasteiger partial charge in [-0.05, 0) is 24.5 Å². The number of aryl methyl sites for hydroxylation is 1. The van der Waals surface area contributed by atoms with Crippen LogP contribution in [0.25, 0.3) is 11.0 Å². The van der Waals surface area contributed by atoms with Gasteiger partial charge in [-0.2, -0.15) is 0 Å². The zero-order valence-electron chi connectivity index (χ0n) is 11.2. The van der Waals surface area contributed by atoms with Gasteiger partial charge in [0, 0.05) is 12.6 Å². The monoisotopic (exact) mass is 249 g/mol. The van der Waals surface area contributed by atoms with E-state index in [0.717, 1.165) is 24.3 Å². The minimum atomic E-state index is -0.256. The summed E-state index contributed by atoms with van der Waals surface area (Å²) in [7, 11) is 0. The Balaban J connectivity index is 2.60. The molecule has 0 saturated heterocycles. The largest absolute Gasteiger partial charge is 0.327 e. The molecule has 18 heavy (non-hydrogen) atoms. The predicted octanol–water partition coefficient (Wildman–Crippen LogP) is 3.24. The molecular formula is C14H20FN3. The Morgan fingerprint density at radius 1 is 1.39 bits per heavy atom. The molecule has 98 valence electrons. The molecule has 0 fully saturated rings. The molecule has 2 N–H and O–H groups in total. The molecule has 0 spiro atoms. The van der Waals surface area contributed by atoms with Crippen molar-refractivity contribution in [1.29, 1.82) is 0 Å². The molecule has 1 atom stereocenters. The molecule has 0 radical (unpaired) electrons. The van der Waals surface area contributed by atoms with Crippen LogP contribution in [0, 0.1) is 11.7 Å². The Morgan fingerprint density at radius 2 is 2.11 bits per heavy atom. The molecule has 0 aliphatic carbocycles. The molecule has 1 unspecified atom stereocenters. The smallest absolute Gasteiger partial charge is 0.127 e. The summed E-state index contributed by atoms with van der Waals surface area (Å²) in [5, 5.41) is 0. The highest BCUT2D eigenvalue weighted by atomic mass is 19.1. The minimum absolute atomic E-state index is 0.119. The van der Waals surface area contributed by atoms with E-state index >= 15 is 0 Å². The summed E-state index contributed by atoms with van der Waals surface area (Å²) >= 11 is 0. The van der Waals surface area contributed by atoms with Gasteiger partial charge in [0.15, 0.2) is 0 Å². The number of imidazole rings is 1. The van der Waals surface area contributed by atoms with Crippen molar-refractivity contribution < 1.29 is 4.39 Å². The molecule has 0 aliphatic heterocycles. The van der Waals surface area contributed by atoms with Gasteiger partial charge in [0.2, 0.25) is 0 Å². The van der Waals surface area contributed by atoms with Crippen molar-refractivity contribution in [3.63, 3.8) is 0 Å². The second-order valence-corrected chi connectivity index (χ2v) is 5.02. The number of benzene rings is 1. The van der Waals surface area contributed by atoms with Crippen molar-refractivity contribution in [3.8, 4) is 0 Å². The first kappa shape index (κ1) is 13.0. The van der Waals surface area contributed by atoms with Crippen LogP contribution < -0.4 is 5.73 Å². The van der Waals surface area contributed by atoms with Gasteiger partial charge in [-0.25, -0.2) is 9.37 Å². The fourth-order valence-corrected chi connectivity index (χ4v) is 2.13. The SMILES string of the molecule is CCCn1c(C(N)C(C)C)nc2cc(F)ccc21.